The topological polar surface area (TPSA) is 73.9 Å². The molecule has 6 heteroatoms. The monoisotopic (exact) mass is 271 g/mol. The van der Waals surface area contributed by atoms with E-state index in [2.05, 4.69) is 0 Å². The van der Waals surface area contributed by atoms with Crippen molar-refractivity contribution in [3.63, 3.8) is 0 Å². The molecule has 0 spiro atoms. The average Bonchev–Trinajstić information content (AvgIpc) is 2.80. The Bertz CT molecular complexity index is 468. The van der Waals surface area contributed by atoms with Crippen molar-refractivity contribution in [2.75, 3.05) is 26.3 Å². The van der Waals surface area contributed by atoms with Crippen molar-refractivity contribution in [1.82, 2.24) is 4.90 Å². The first-order valence-corrected chi connectivity index (χ1v) is 6.26. The fraction of sp³-hybridized carbons (Fsp3) is 0.583. The fourth-order valence-corrected chi connectivity index (χ4v) is 3.25. The van der Waals surface area contributed by atoms with Crippen molar-refractivity contribution in [3.8, 4) is 0 Å². The summed E-state index contributed by atoms with van der Waals surface area (Å²) in [7, 11) is 0. The Morgan fingerprint density at radius 3 is 2.44 bits per heavy atom. The molecular weight excluding hydrogens is 258 g/mol. The number of likely N-dealkylation sites (tertiary alicyclic amines) is 1. The number of hydrogen-bond donors (Lipinski definition) is 2. The lowest BCUT2D eigenvalue weighted by molar-refractivity contribution is 0.0612. The van der Waals surface area contributed by atoms with E-state index in [0.29, 0.717) is 13.1 Å². The van der Waals surface area contributed by atoms with E-state index in [1.54, 1.807) is 11.0 Å². The van der Waals surface area contributed by atoms with Gasteiger partial charge in [0.25, 0.3) is 5.91 Å². The molecule has 1 aromatic heterocycles. The fourth-order valence-electron chi connectivity index (χ4n) is 3.11. The molecule has 2 N–H and O–H groups in total. The SMILES string of the molecule is O=C(c1ccc(Cl)o1)N1CC2C(C1)C2(CO)CO. The quantitative estimate of drug-likeness (QED) is 0.845. The maximum Gasteiger partial charge on any atom is 0.289 e. The summed E-state index contributed by atoms with van der Waals surface area (Å²) in [5, 5.41) is 18.8. The van der Waals surface area contributed by atoms with Gasteiger partial charge in [-0.25, -0.2) is 0 Å². The highest BCUT2D eigenvalue weighted by molar-refractivity contribution is 6.29. The zero-order chi connectivity index (χ0) is 12.9. The van der Waals surface area contributed by atoms with E-state index in [-0.39, 0.29) is 47.4 Å². The first-order valence-electron chi connectivity index (χ1n) is 5.88. The molecule has 2 aliphatic rings. The lowest BCUT2D eigenvalue weighted by atomic mass is 10.0. The van der Waals surface area contributed by atoms with Crippen LogP contribution in [0.4, 0.5) is 0 Å². The molecule has 1 aliphatic heterocycles. The molecule has 2 fully saturated rings. The Kier molecular flexibility index (Phi) is 2.66. The molecule has 1 amide bonds. The number of aliphatic hydroxyl groups is 2. The number of aliphatic hydroxyl groups excluding tert-OH is 2. The smallest absolute Gasteiger partial charge is 0.289 e. The van der Waals surface area contributed by atoms with E-state index in [9.17, 15) is 15.0 Å². The van der Waals surface area contributed by atoms with Crippen molar-refractivity contribution in [1.29, 1.82) is 0 Å². The Morgan fingerprint density at radius 2 is 2.00 bits per heavy atom. The third-order valence-corrected chi connectivity index (χ3v) is 4.55. The molecule has 1 saturated heterocycles. The van der Waals surface area contributed by atoms with Gasteiger partial charge in [-0.15, -0.1) is 0 Å². The van der Waals surface area contributed by atoms with Crippen LogP contribution >= 0.6 is 11.6 Å². The van der Waals surface area contributed by atoms with E-state index >= 15 is 0 Å². The minimum atomic E-state index is -0.377. The highest BCUT2D eigenvalue weighted by Gasteiger charge is 2.68. The van der Waals surface area contributed by atoms with E-state index in [4.69, 9.17) is 16.0 Å². The summed E-state index contributed by atoms with van der Waals surface area (Å²) in [6.45, 7) is 1.08. The Labute approximate surface area is 109 Å². The first-order chi connectivity index (χ1) is 8.62. The molecule has 2 unspecified atom stereocenters. The molecule has 5 nitrogen and oxygen atoms in total. The van der Waals surface area contributed by atoms with Gasteiger partial charge in [-0.3, -0.25) is 4.79 Å². The minimum absolute atomic E-state index is 0.0204. The number of furan rings is 1. The number of hydrogen-bond acceptors (Lipinski definition) is 4. The van der Waals surface area contributed by atoms with Gasteiger partial charge < -0.3 is 19.5 Å². The molecule has 2 heterocycles. The second-order valence-corrected chi connectivity index (χ2v) is 5.45. The molecule has 0 aromatic carbocycles. The van der Waals surface area contributed by atoms with Gasteiger partial charge in [-0.05, 0) is 35.6 Å². The van der Waals surface area contributed by atoms with Gasteiger partial charge in [0, 0.05) is 18.5 Å². The van der Waals surface area contributed by atoms with Crippen LogP contribution < -0.4 is 0 Å². The van der Waals surface area contributed by atoms with Gasteiger partial charge in [0.15, 0.2) is 11.0 Å². The van der Waals surface area contributed by atoms with Gasteiger partial charge in [0.05, 0.1) is 13.2 Å². The van der Waals surface area contributed by atoms with E-state index in [1.807, 2.05) is 0 Å². The lowest BCUT2D eigenvalue weighted by Gasteiger charge is -2.23. The number of carbonyl (C=O) groups excluding carboxylic acids is 1. The van der Waals surface area contributed by atoms with Crippen molar-refractivity contribution in [2.24, 2.45) is 17.3 Å². The van der Waals surface area contributed by atoms with E-state index < -0.39 is 0 Å². The summed E-state index contributed by atoms with van der Waals surface area (Å²) >= 11 is 5.64. The van der Waals surface area contributed by atoms with Crippen LogP contribution in [0.1, 0.15) is 10.6 Å². The summed E-state index contributed by atoms with van der Waals surface area (Å²) in [6.07, 6.45) is 0. The molecule has 0 bridgehead atoms. The molecule has 98 valence electrons. The predicted octanol–water partition coefficient (Wildman–Crippen LogP) is 0.606. The number of nitrogens with zero attached hydrogens (tertiary/aromatic N) is 1. The maximum absolute atomic E-state index is 12.1. The molecule has 1 saturated carbocycles. The van der Waals surface area contributed by atoms with Crippen LogP contribution in [0.5, 0.6) is 0 Å². The Hall–Kier alpha value is -1.04. The Balaban J connectivity index is 1.68. The summed E-state index contributed by atoms with van der Waals surface area (Å²) in [4.78, 5) is 13.8. The largest absolute Gasteiger partial charge is 0.440 e. The third kappa shape index (κ3) is 1.51. The lowest BCUT2D eigenvalue weighted by Crippen LogP contribution is -2.36. The van der Waals surface area contributed by atoms with Crippen LogP contribution in [-0.2, 0) is 0 Å². The summed E-state index contributed by atoms with van der Waals surface area (Å²) in [5.41, 5.74) is -0.377. The standard InChI is InChI=1S/C12H14ClNO4/c13-10-2-1-9(18-10)11(17)14-3-7-8(4-14)12(7,5-15)6-16/h1-2,7-8,15-16H,3-6H2. The number of amides is 1. The number of piperidine rings is 1. The summed E-state index contributed by atoms with van der Waals surface area (Å²) in [5.74, 6) is 0.447. The molecule has 1 aromatic rings. The molecule has 1 aliphatic carbocycles. The predicted molar refractivity (Wildman–Crippen MR) is 63.2 cm³/mol. The normalized spacial score (nSPS) is 28.3. The second-order valence-electron chi connectivity index (χ2n) is 5.08. The number of fused-ring (bicyclic) bond motifs is 1. The van der Waals surface area contributed by atoms with Gasteiger partial charge in [0.2, 0.25) is 0 Å². The van der Waals surface area contributed by atoms with Crippen LogP contribution in [0.15, 0.2) is 16.5 Å². The third-order valence-electron chi connectivity index (χ3n) is 4.35. The Morgan fingerprint density at radius 1 is 1.39 bits per heavy atom. The molecule has 18 heavy (non-hydrogen) atoms. The van der Waals surface area contributed by atoms with Crippen LogP contribution in [0.3, 0.4) is 0 Å². The molecule has 2 atom stereocenters. The maximum atomic E-state index is 12.1. The molecular formula is C12H14ClNO4. The first kappa shape index (κ1) is 12.0. The van der Waals surface area contributed by atoms with Crippen LogP contribution in [-0.4, -0.2) is 47.3 Å². The summed E-state index contributed by atoms with van der Waals surface area (Å²) in [6, 6.07) is 3.09. The van der Waals surface area contributed by atoms with Gasteiger partial charge in [-0.2, -0.15) is 0 Å². The van der Waals surface area contributed by atoms with Gasteiger partial charge in [0.1, 0.15) is 0 Å². The van der Waals surface area contributed by atoms with Crippen molar-refractivity contribution in [2.45, 2.75) is 0 Å². The van der Waals surface area contributed by atoms with Crippen molar-refractivity contribution >= 4 is 17.5 Å². The minimum Gasteiger partial charge on any atom is -0.440 e. The van der Waals surface area contributed by atoms with E-state index in [0.717, 1.165) is 0 Å². The van der Waals surface area contributed by atoms with E-state index in [1.165, 1.54) is 6.07 Å². The van der Waals surface area contributed by atoms with Crippen LogP contribution in [0.25, 0.3) is 0 Å². The molecule has 0 radical (unpaired) electrons. The van der Waals surface area contributed by atoms with Gasteiger partial charge in [-0.1, -0.05) is 0 Å². The average molecular weight is 272 g/mol. The second kappa shape index (κ2) is 3.98. The van der Waals surface area contributed by atoms with Crippen molar-refractivity contribution in [3.05, 3.63) is 23.1 Å². The van der Waals surface area contributed by atoms with Crippen molar-refractivity contribution < 1.29 is 19.4 Å². The highest BCUT2D eigenvalue weighted by Crippen LogP contribution is 2.62. The zero-order valence-corrected chi connectivity index (χ0v) is 10.4. The molecule has 3 rings (SSSR count). The van der Waals surface area contributed by atoms with Crippen LogP contribution in [0.2, 0.25) is 5.22 Å². The summed E-state index contributed by atoms with van der Waals surface area (Å²) < 4.78 is 5.09. The highest BCUT2D eigenvalue weighted by atomic mass is 35.5. The number of rotatable bonds is 3. The van der Waals surface area contributed by atoms with Crippen LogP contribution in [0, 0.1) is 17.3 Å². The van der Waals surface area contributed by atoms with Gasteiger partial charge >= 0.3 is 0 Å². The number of halogens is 1. The number of carbonyl (C=O) groups is 1. The zero-order valence-electron chi connectivity index (χ0n) is 9.67.